The number of ether oxygens (including phenoxy) is 1. The number of carbonyl (C=O) groups excluding carboxylic acids is 4. The smallest absolute Gasteiger partial charge is 0.330 e. The van der Waals surface area contributed by atoms with Crippen molar-refractivity contribution < 1.29 is 23.9 Å². The van der Waals surface area contributed by atoms with Crippen molar-refractivity contribution >= 4 is 29.1 Å². The van der Waals surface area contributed by atoms with Crippen molar-refractivity contribution in [2.75, 3.05) is 12.4 Å². The average Bonchev–Trinajstić information content (AvgIpc) is 2.60. The van der Waals surface area contributed by atoms with E-state index < -0.39 is 11.9 Å². The number of hydrogen-bond donors (Lipinski definition) is 1. The first-order valence-corrected chi connectivity index (χ1v) is 8.18. The van der Waals surface area contributed by atoms with E-state index in [2.05, 4.69) is 10.1 Å². The number of ketones is 2. The van der Waals surface area contributed by atoms with Crippen LogP contribution in [0.5, 0.6) is 0 Å². The van der Waals surface area contributed by atoms with Crippen LogP contribution in [0, 0.1) is 6.92 Å². The molecule has 1 aromatic rings. The van der Waals surface area contributed by atoms with Crippen LogP contribution in [0.2, 0.25) is 0 Å². The summed E-state index contributed by atoms with van der Waals surface area (Å²) in [5.74, 6) is -1.40. The molecule has 0 aliphatic heterocycles. The maximum atomic E-state index is 12.0. The highest BCUT2D eigenvalue weighted by Crippen LogP contribution is 2.24. The number of allylic oxidation sites excluding steroid dienone is 2. The number of carbonyl (C=O) groups is 4. The van der Waals surface area contributed by atoms with E-state index in [-0.39, 0.29) is 18.0 Å². The van der Waals surface area contributed by atoms with Crippen molar-refractivity contribution in [2.24, 2.45) is 0 Å². The quantitative estimate of drug-likeness (QED) is 0.570. The number of methoxy groups -OCH3 is 1. The summed E-state index contributed by atoms with van der Waals surface area (Å²) < 4.78 is 4.46. The Morgan fingerprint density at radius 2 is 1.77 bits per heavy atom. The van der Waals surface area contributed by atoms with Gasteiger partial charge < -0.3 is 10.1 Å². The monoisotopic (exact) mass is 357 g/mol. The van der Waals surface area contributed by atoms with E-state index >= 15 is 0 Å². The van der Waals surface area contributed by atoms with Crippen molar-refractivity contribution in [2.45, 2.75) is 33.6 Å². The van der Waals surface area contributed by atoms with Gasteiger partial charge in [-0.3, -0.25) is 14.4 Å². The van der Waals surface area contributed by atoms with Gasteiger partial charge in [0.1, 0.15) is 0 Å². The molecule has 0 heterocycles. The Bertz CT molecular complexity index is 775. The third-order valence-electron chi connectivity index (χ3n) is 3.75. The average molecular weight is 357 g/mol. The first-order chi connectivity index (χ1) is 12.3. The SMILES string of the molecule is CCc1c(CC(=O)/C=C\C(=O)OC)ccc(NC(=O)/C=C\C(C)=O)c1C. The molecule has 6 heteroatoms. The van der Waals surface area contributed by atoms with Gasteiger partial charge in [0.05, 0.1) is 7.11 Å². The topological polar surface area (TPSA) is 89.5 Å². The second kappa shape index (κ2) is 10.1. The molecule has 0 aliphatic carbocycles. The van der Waals surface area contributed by atoms with Crippen molar-refractivity contribution in [1.29, 1.82) is 0 Å². The molecule has 1 rings (SSSR count). The Hall–Kier alpha value is -3.02. The molecule has 0 fully saturated rings. The summed E-state index contributed by atoms with van der Waals surface area (Å²) in [6, 6.07) is 3.50. The van der Waals surface area contributed by atoms with E-state index in [1.807, 2.05) is 13.8 Å². The Kier molecular flexibility index (Phi) is 8.15. The first-order valence-electron chi connectivity index (χ1n) is 8.18. The molecule has 0 saturated heterocycles. The molecule has 0 unspecified atom stereocenters. The molecule has 0 spiro atoms. The molecule has 26 heavy (non-hydrogen) atoms. The molecular weight excluding hydrogens is 334 g/mol. The molecule has 1 amide bonds. The minimum Gasteiger partial charge on any atom is -0.466 e. The van der Waals surface area contributed by atoms with Gasteiger partial charge in [-0.05, 0) is 55.2 Å². The van der Waals surface area contributed by atoms with Gasteiger partial charge in [-0.2, -0.15) is 0 Å². The van der Waals surface area contributed by atoms with Crippen LogP contribution in [0.4, 0.5) is 5.69 Å². The van der Waals surface area contributed by atoms with Gasteiger partial charge in [0, 0.05) is 24.3 Å². The lowest BCUT2D eigenvalue weighted by atomic mass is 9.94. The fourth-order valence-electron chi connectivity index (χ4n) is 2.45. The van der Waals surface area contributed by atoms with E-state index in [0.717, 1.165) is 22.8 Å². The highest BCUT2D eigenvalue weighted by molar-refractivity contribution is 6.04. The molecule has 1 aromatic carbocycles. The normalized spacial score (nSPS) is 10.9. The minimum atomic E-state index is -0.582. The molecule has 0 bridgehead atoms. The lowest BCUT2D eigenvalue weighted by Gasteiger charge is -2.15. The van der Waals surface area contributed by atoms with Crippen molar-refractivity contribution in [1.82, 2.24) is 0 Å². The summed E-state index contributed by atoms with van der Waals surface area (Å²) in [4.78, 5) is 45.8. The minimum absolute atomic E-state index is 0.149. The van der Waals surface area contributed by atoms with Gasteiger partial charge in [0.25, 0.3) is 0 Å². The second-order valence-corrected chi connectivity index (χ2v) is 5.66. The van der Waals surface area contributed by atoms with Gasteiger partial charge in [0.2, 0.25) is 5.91 Å². The fraction of sp³-hybridized carbons (Fsp3) is 0.300. The first kappa shape index (κ1) is 21.0. The highest BCUT2D eigenvalue weighted by Gasteiger charge is 2.12. The zero-order valence-corrected chi connectivity index (χ0v) is 15.4. The van der Waals surface area contributed by atoms with Crippen molar-refractivity contribution in [3.05, 3.63) is 53.1 Å². The predicted molar refractivity (Wildman–Crippen MR) is 98.9 cm³/mol. The van der Waals surface area contributed by atoms with Crippen LogP contribution < -0.4 is 5.32 Å². The Labute approximate surface area is 152 Å². The lowest BCUT2D eigenvalue weighted by molar-refractivity contribution is -0.135. The number of benzene rings is 1. The van der Waals surface area contributed by atoms with Crippen molar-refractivity contribution in [3.63, 3.8) is 0 Å². The molecular formula is C20H23NO5. The molecule has 0 saturated carbocycles. The maximum Gasteiger partial charge on any atom is 0.330 e. The van der Waals surface area contributed by atoms with Gasteiger partial charge in [-0.1, -0.05) is 13.0 Å². The lowest BCUT2D eigenvalue weighted by Crippen LogP contribution is -2.12. The van der Waals surface area contributed by atoms with Crippen LogP contribution in [0.3, 0.4) is 0 Å². The number of nitrogens with one attached hydrogen (secondary N) is 1. The Morgan fingerprint density at radius 1 is 1.08 bits per heavy atom. The Morgan fingerprint density at radius 3 is 2.35 bits per heavy atom. The van der Waals surface area contributed by atoms with Crippen LogP contribution in [0.15, 0.2) is 36.4 Å². The van der Waals surface area contributed by atoms with Gasteiger partial charge in [0.15, 0.2) is 11.6 Å². The van der Waals surface area contributed by atoms with Gasteiger partial charge in [-0.15, -0.1) is 0 Å². The molecule has 0 atom stereocenters. The summed E-state index contributed by atoms with van der Waals surface area (Å²) >= 11 is 0. The zero-order valence-electron chi connectivity index (χ0n) is 15.4. The van der Waals surface area contributed by atoms with Gasteiger partial charge >= 0.3 is 5.97 Å². The number of hydrogen-bond acceptors (Lipinski definition) is 5. The van der Waals surface area contributed by atoms with Crippen LogP contribution in [-0.2, 0) is 36.8 Å². The summed E-state index contributed by atoms with van der Waals surface area (Å²) in [7, 11) is 1.24. The largest absolute Gasteiger partial charge is 0.466 e. The maximum absolute atomic E-state index is 12.0. The van der Waals surface area contributed by atoms with E-state index in [1.54, 1.807) is 12.1 Å². The summed E-state index contributed by atoms with van der Waals surface area (Å²) in [5, 5.41) is 2.73. The summed E-state index contributed by atoms with van der Waals surface area (Å²) in [6.45, 7) is 5.19. The summed E-state index contributed by atoms with van der Waals surface area (Å²) in [5.41, 5.74) is 3.28. The number of anilines is 1. The molecule has 1 N–H and O–H groups in total. The third kappa shape index (κ3) is 6.47. The van der Waals surface area contributed by atoms with E-state index in [0.29, 0.717) is 12.1 Å². The van der Waals surface area contributed by atoms with E-state index in [1.165, 1.54) is 32.3 Å². The number of rotatable bonds is 8. The molecule has 0 aliphatic rings. The van der Waals surface area contributed by atoms with Crippen LogP contribution in [0.1, 0.15) is 30.5 Å². The molecule has 0 aromatic heterocycles. The predicted octanol–water partition coefficient (Wildman–Crippen LogP) is 2.48. The van der Waals surface area contributed by atoms with Crippen molar-refractivity contribution in [3.8, 4) is 0 Å². The summed E-state index contributed by atoms with van der Waals surface area (Å²) in [6.07, 6.45) is 5.51. The highest BCUT2D eigenvalue weighted by atomic mass is 16.5. The van der Waals surface area contributed by atoms with Crippen LogP contribution >= 0.6 is 0 Å². The third-order valence-corrected chi connectivity index (χ3v) is 3.75. The fourth-order valence-corrected chi connectivity index (χ4v) is 2.45. The van der Waals surface area contributed by atoms with Gasteiger partial charge in [-0.25, -0.2) is 4.79 Å². The Balaban J connectivity index is 2.98. The second-order valence-electron chi connectivity index (χ2n) is 5.66. The van der Waals surface area contributed by atoms with Crippen LogP contribution in [-0.4, -0.2) is 30.6 Å². The zero-order chi connectivity index (χ0) is 19.7. The number of esters is 1. The molecule has 6 nitrogen and oxygen atoms in total. The van der Waals surface area contributed by atoms with Crippen LogP contribution in [0.25, 0.3) is 0 Å². The molecule has 138 valence electrons. The standard InChI is InChI=1S/C20H23NO5/c1-5-17-14(3)18(21-19(24)10-6-13(2)22)9-7-15(17)12-16(23)8-11-20(25)26-4/h6-11H,5,12H2,1-4H3,(H,21,24)/b10-6-,11-8-. The number of amides is 1. The van der Waals surface area contributed by atoms with E-state index in [9.17, 15) is 19.2 Å². The molecule has 0 radical (unpaired) electrons. The van der Waals surface area contributed by atoms with E-state index in [4.69, 9.17) is 0 Å².